The highest BCUT2D eigenvalue weighted by Crippen LogP contribution is 2.34. The lowest BCUT2D eigenvalue weighted by atomic mass is 9.84. The van der Waals surface area contributed by atoms with Crippen LogP contribution in [0.3, 0.4) is 0 Å². The number of nitrogens with zero attached hydrogens (tertiary/aromatic N) is 1. The molecule has 0 unspecified atom stereocenters. The molecule has 25 heavy (non-hydrogen) atoms. The summed E-state index contributed by atoms with van der Waals surface area (Å²) in [6.07, 6.45) is 1.32. The van der Waals surface area contributed by atoms with Crippen LogP contribution in [0.5, 0.6) is 11.5 Å². The van der Waals surface area contributed by atoms with E-state index in [9.17, 15) is 9.59 Å². The van der Waals surface area contributed by atoms with E-state index in [4.69, 9.17) is 9.47 Å². The van der Waals surface area contributed by atoms with Gasteiger partial charge in [-0.2, -0.15) is 0 Å². The molecule has 0 aliphatic carbocycles. The molecule has 0 aromatic heterocycles. The fourth-order valence-electron chi connectivity index (χ4n) is 2.60. The van der Waals surface area contributed by atoms with E-state index in [0.717, 1.165) is 17.1 Å². The first-order valence-electron chi connectivity index (χ1n) is 8.66. The van der Waals surface area contributed by atoms with Gasteiger partial charge in [0.1, 0.15) is 13.2 Å². The minimum Gasteiger partial charge on any atom is -0.486 e. The number of hydrogen-bond donors (Lipinski definition) is 1. The van der Waals surface area contributed by atoms with Gasteiger partial charge in [0, 0.05) is 38.9 Å². The number of nitrogens with one attached hydrogen (secondary N) is 1. The zero-order valence-corrected chi connectivity index (χ0v) is 15.6. The van der Waals surface area contributed by atoms with Crippen molar-refractivity contribution in [3.63, 3.8) is 0 Å². The van der Waals surface area contributed by atoms with Crippen LogP contribution in [0.25, 0.3) is 0 Å². The van der Waals surface area contributed by atoms with Crippen molar-refractivity contribution in [2.24, 2.45) is 0 Å². The van der Waals surface area contributed by atoms with E-state index < -0.39 is 0 Å². The lowest BCUT2D eigenvalue weighted by Crippen LogP contribution is -2.36. The molecule has 1 aromatic carbocycles. The van der Waals surface area contributed by atoms with Gasteiger partial charge in [-0.05, 0) is 24.1 Å². The van der Waals surface area contributed by atoms with Gasteiger partial charge in [0.2, 0.25) is 11.8 Å². The molecule has 0 atom stereocenters. The molecular formula is C19H28N2O4. The van der Waals surface area contributed by atoms with Gasteiger partial charge in [-0.1, -0.05) is 19.9 Å². The number of amides is 2. The predicted molar refractivity (Wildman–Crippen MR) is 96.0 cm³/mol. The monoisotopic (exact) mass is 348 g/mol. The summed E-state index contributed by atoms with van der Waals surface area (Å²) in [5, 5.41) is 2.97. The SMILES string of the molecule is CN(C)C(=O)CCCC(=O)NCC(C)(C)c1ccc2c(c1)OCCO2. The Balaban J connectivity index is 1.84. The lowest BCUT2D eigenvalue weighted by molar-refractivity contribution is -0.129. The molecule has 6 nitrogen and oxygen atoms in total. The molecule has 1 aliphatic rings. The first-order valence-corrected chi connectivity index (χ1v) is 8.66. The number of rotatable bonds is 7. The van der Waals surface area contributed by atoms with Crippen molar-refractivity contribution in [1.82, 2.24) is 10.2 Å². The van der Waals surface area contributed by atoms with Crippen LogP contribution in [0.15, 0.2) is 18.2 Å². The second kappa shape index (κ2) is 8.23. The van der Waals surface area contributed by atoms with E-state index in [0.29, 0.717) is 39.0 Å². The molecule has 2 amide bonds. The minimum atomic E-state index is -0.231. The minimum absolute atomic E-state index is 0.0304. The molecule has 6 heteroatoms. The Kier molecular flexibility index (Phi) is 6.28. The van der Waals surface area contributed by atoms with Crippen molar-refractivity contribution in [2.45, 2.75) is 38.5 Å². The number of ether oxygens (including phenoxy) is 2. The van der Waals surface area contributed by atoms with Crippen LogP contribution in [-0.4, -0.2) is 50.6 Å². The van der Waals surface area contributed by atoms with Crippen LogP contribution in [-0.2, 0) is 15.0 Å². The molecule has 1 heterocycles. The van der Waals surface area contributed by atoms with Crippen molar-refractivity contribution < 1.29 is 19.1 Å². The van der Waals surface area contributed by atoms with Crippen LogP contribution in [0, 0.1) is 0 Å². The molecule has 138 valence electrons. The van der Waals surface area contributed by atoms with Crippen LogP contribution in [0.1, 0.15) is 38.7 Å². The molecule has 1 aliphatic heterocycles. The highest BCUT2D eigenvalue weighted by molar-refractivity contribution is 5.78. The van der Waals surface area contributed by atoms with Gasteiger partial charge in [-0.3, -0.25) is 9.59 Å². The highest BCUT2D eigenvalue weighted by atomic mass is 16.6. The molecule has 0 spiro atoms. The highest BCUT2D eigenvalue weighted by Gasteiger charge is 2.24. The molecule has 1 aromatic rings. The Morgan fingerprint density at radius 2 is 1.80 bits per heavy atom. The summed E-state index contributed by atoms with van der Waals surface area (Å²) in [5.74, 6) is 1.53. The average Bonchev–Trinajstić information content (AvgIpc) is 2.59. The maximum Gasteiger partial charge on any atom is 0.222 e. The smallest absolute Gasteiger partial charge is 0.222 e. The number of hydrogen-bond acceptors (Lipinski definition) is 4. The van der Waals surface area contributed by atoms with E-state index in [1.807, 2.05) is 18.2 Å². The van der Waals surface area contributed by atoms with Crippen molar-refractivity contribution in [3.8, 4) is 11.5 Å². The van der Waals surface area contributed by atoms with Crippen LogP contribution >= 0.6 is 0 Å². The third-order valence-corrected chi connectivity index (χ3v) is 4.34. The summed E-state index contributed by atoms with van der Waals surface area (Å²) in [4.78, 5) is 25.1. The maximum absolute atomic E-state index is 12.0. The fourth-order valence-corrected chi connectivity index (χ4v) is 2.60. The molecule has 0 radical (unpaired) electrons. The second-order valence-corrected chi connectivity index (χ2v) is 7.16. The number of benzene rings is 1. The first-order chi connectivity index (χ1) is 11.8. The van der Waals surface area contributed by atoms with Gasteiger partial charge in [-0.25, -0.2) is 0 Å². The molecule has 0 fully saturated rings. The summed E-state index contributed by atoms with van der Waals surface area (Å²) in [6, 6.07) is 5.91. The number of carbonyl (C=O) groups excluding carboxylic acids is 2. The van der Waals surface area contributed by atoms with Gasteiger partial charge >= 0.3 is 0 Å². The molecule has 0 saturated heterocycles. The van der Waals surface area contributed by atoms with Gasteiger partial charge in [-0.15, -0.1) is 0 Å². The molecule has 0 saturated carbocycles. The van der Waals surface area contributed by atoms with Crippen LogP contribution in [0.4, 0.5) is 0 Å². The van der Waals surface area contributed by atoms with Crippen molar-refractivity contribution >= 4 is 11.8 Å². The largest absolute Gasteiger partial charge is 0.486 e. The summed E-state index contributed by atoms with van der Waals surface area (Å²) in [5.41, 5.74) is 0.852. The normalized spacial score (nSPS) is 13.3. The maximum atomic E-state index is 12.0. The molecule has 0 bridgehead atoms. The Morgan fingerprint density at radius 1 is 1.12 bits per heavy atom. The summed E-state index contributed by atoms with van der Waals surface area (Å²) in [7, 11) is 3.44. The fraction of sp³-hybridized carbons (Fsp3) is 0.579. The average molecular weight is 348 g/mol. The quantitative estimate of drug-likeness (QED) is 0.819. The zero-order chi connectivity index (χ0) is 18.4. The van der Waals surface area contributed by atoms with E-state index in [-0.39, 0.29) is 17.2 Å². The summed E-state index contributed by atoms with van der Waals surface area (Å²) < 4.78 is 11.2. The van der Waals surface area contributed by atoms with Gasteiger partial charge in [0.05, 0.1) is 0 Å². The third-order valence-electron chi connectivity index (χ3n) is 4.34. The zero-order valence-electron chi connectivity index (χ0n) is 15.6. The van der Waals surface area contributed by atoms with Crippen molar-refractivity contribution in [2.75, 3.05) is 33.9 Å². The topological polar surface area (TPSA) is 67.9 Å². The Morgan fingerprint density at radius 3 is 2.48 bits per heavy atom. The van der Waals surface area contributed by atoms with Gasteiger partial charge in [0.15, 0.2) is 11.5 Å². The standard InChI is InChI=1S/C19H28N2O4/c1-19(2,13-20-17(22)6-5-7-18(23)21(3)4)14-8-9-15-16(12-14)25-11-10-24-15/h8-9,12H,5-7,10-11,13H2,1-4H3,(H,20,22). The summed E-state index contributed by atoms with van der Waals surface area (Å²) >= 11 is 0. The predicted octanol–water partition coefficient (Wildman–Crippen LogP) is 2.11. The van der Waals surface area contributed by atoms with Crippen LogP contribution in [0.2, 0.25) is 0 Å². The van der Waals surface area contributed by atoms with Crippen molar-refractivity contribution in [3.05, 3.63) is 23.8 Å². The van der Waals surface area contributed by atoms with Crippen LogP contribution < -0.4 is 14.8 Å². The van der Waals surface area contributed by atoms with Gasteiger partial charge < -0.3 is 19.7 Å². The number of fused-ring (bicyclic) bond motifs is 1. The Bertz CT molecular complexity index is 626. The molecule has 2 rings (SSSR count). The van der Waals surface area contributed by atoms with Gasteiger partial charge in [0.25, 0.3) is 0 Å². The van der Waals surface area contributed by atoms with E-state index >= 15 is 0 Å². The van der Waals surface area contributed by atoms with E-state index in [1.54, 1.807) is 19.0 Å². The first kappa shape index (κ1) is 19.1. The van der Waals surface area contributed by atoms with E-state index in [1.165, 1.54) is 0 Å². The van der Waals surface area contributed by atoms with E-state index in [2.05, 4.69) is 19.2 Å². The number of carbonyl (C=O) groups is 2. The summed E-state index contributed by atoms with van der Waals surface area (Å²) in [6.45, 7) is 5.80. The lowest BCUT2D eigenvalue weighted by Gasteiger charge is -2.28. The molecule has 1 N–H and O–H groups in total. The van der Waals surface area contributed by atoms with Crippen molar-refractivity contribution in [1.29, 1.82) is 0 Å². The Hall–Kier alpha value is -2.24. The second-order valence-electron chi connectivity index (χ2n) is 7.16. The Labute approximate surface area is 149 Å². The third kappa shape index (κ3) is 5.37. The molecular weight excluding hydrogens is 320 g/mol.